The number of aryl methyl sites for hydroxylation is 2. The van der Waals surface area contributed by atoms with Gasteiger partial charge in [0.1, 0.15) is 0 Å². The summed E-state index contributed by atoms with van der Waals surface area (Å²) < 4.78 is 0. The van der Waals surface area contributed by atoms with Crippen molar-refractivity contribution in [3.63, 3.8) is 0 Å². The Balaban J connectivity index is 2.98. The second kappa shape index (κ2) is 4.43. The molecular formula is C12H19N. The third kappa shape index (κ3) is 2.31. The molecule has 0 unspecified atom stereocenters. The van der Waals surface area contributed by atoms with E-state index in [0.717, 1.165) is 12.8 Å². The van der Waals surface area contributed by atoms with Crippen molar-refractivity contribution in [1.29, 1.82) is 0 Å². The van der Waals surface area contributed by atoms with E-state index in [9.17, 15) is 0 Å². The van der Waals surface area contributed by atoms with Crippen molar-refractivity contribution in [1.82, 2.24) is 0 Å². The van der Waals surface area contributed by atoms with Crippen LogP contribution < -0.4 is 5.73 Å². The van der Waals surface area contributed by atoms with Crippen LogP contribution in [0, 0.1) is 13.8 Å². The standard InChI is InChI=1S/C12H19N/c1-4-6-11(13)12-9(2)7-5-8-10(12)3/h5,7-8,11H,4,6,13H2,1-3H3/t11-/m1/s1. The predicted molar refractivity (Wildman–Crippen MR) is 57.8 cm³/mol. The molecule has 0 amide bonds. The normalized spacial score (nSPS) is 12.9. The topological polar surface area (TPSA) is 26.0 Å². The van der Waals surface area contributed by atoms with Crippen molar-refractivity contribution < 1.29 is 0 Å². The van der Waals surface area contributed by atoms with Crippen LogP contribution in [0.5, 0.6) is 0 Å². The summed E-state index contributed by atoms with van der Waals surface area (Å²) in [6.45, 7) is 6.45. The van der Waals surface area contributed by atoms with Gasteiger partial charge in [-0.05, 0) is 37.0 Å². The predicted octanol–water partition coefficient (Wildman–Crippen LogP) is 3.10. The Kier molecular flexibility index (Phi) is 3.49. The van der Waals surface area contributed by atoms with E-state index in [-0.39, 0.29) is 6.04 Å². The van der Waals surface area contributed by atoms with Crippen molar-refractivity contribution in [2.24, 2.45) is 5.73 Å². The Morgan fingerprint density at radius 2 is 1.77 bits per heavy atom. The van der Waals surface area contributed by atoms with E-state index >= 15 is 0 Å². The quantitative estimate of drug-likeness (QED) is 0.754. The van der Waals surface area contributed by atoms with Crippen LogP contribution in [0.4, 0.5) is 0 Å². The highest BCUT2D eigenvalue weighted by molar-refractivity contribution is 5.35. The van der Waals surface area contributed by atoms with Gasteiger partial charge in [0.15, 0.2) is 0 Å². The van der Waals surface area contributed by atoms with Gasteiger partial charge in [0, 0.05) is 6.04 Å². The summed E-state index contributed by atoms with van der Waals surface area (Å²) in [5, 5.41) is 0. The summed E-state index contributed by atoms with van der Waals surface area (Å²) in [6, 6.07) is 6.58. The smallest absolute Gasteiger partial charge is 0.0300 e. The van der Waals surface area contributed by atoms with Crippen LogP contribution in [-0.4, -0.2) is 0 Å². The molecule has 1 heteroatoms. The van der Waals surface area contributed by atoms with Gasteiger partial charge < -0.3 is 5.73 Å². The molecule has 0 spiro atoms. The van der Waals surface area contributed by atoms with E-state index < -0.39 is 0 Å². The maximum atomic E-state index is 6.11. The molecule has 13 heavy (non-hydrogen) atoms. The molecule has 1 atom stereocenters. The Morgan fingerprint density at radius 1 is 1.23 bits per heavy atom. The number of benzene rings is 1. The molecule has 1 aromatic carbocycles. The first kappa shape index (κ1) is 10.3. The van der Waals surface area contributed by atoms with Crippen molar-refractivity contribution in [3.05, 3.63) is 34.9 Å². The average molecular weight is 177 g/mol. The van der Waals surface area contributed by atoms with Crippen molar-refractivity contribution in [3.8, 4) is 0 Å². The summed E-state index contributed by atoms with van der Waals surface area (Å²) in [4.78, 5) is 0. The van der Waals surface area contributed by atoms with Crippen molar-refractivity contribution in [2.75, 3.05) is 0 Å². The van der Waals surface area contributed by atoms with Gasteiger partial charge in [-0.25, -0.2) is 0 Å². The third-order valence-electron chi connectivity index (χ3n) is 2.51. The molecule has 0 heterocycles. The summed E-state index contributed by atoms with van der Waals surface area (Å²) in [7, 11) is 0. The maximum absolute atomic E-state index is 6.11. The molecule has 0 radical (unpaired) electrons. The van der Waals surface area contributed by atoms with E-state index in [1.807, 2.05) is 0 Å². The van der Waals surface area contributed by atoms with Crippen LogP contribution in [0.3, 0.4) is 0 Å². The zero-order valence-electron chi connectivity index (χ0n) is 8.80. The van der Waals surface area contributed by atoms with Gasteiger partial charge in [-0.15, -0.1) is 0 Å². The highest BCUT2D eigenvalue weighted by Gasteiger charge is 2.09. The van der Waals surface area contributed by atoms with Crippen molar-refractivity contribution in [2.45, 2.75) is 39.7 Å². The number of hydrogen-bond donors (Lipinski definition) is 1. The van der Waals surface area contributed by atoms with Crippen LogP contribution in [0.25, 0.3) is 0 Å². The minimum Gasteiger partial charge on any atom is -0.324 e. The molecule has 1 aromatic rings. The number of nitrogens with two attached hydrogens (primary N) is 1. The molecule has 0 aliphatic carbocycles. The van der Waals surface area contributed by atoms with E-state index in [2.05, 4.69) is 39.0 Å². The fraction of sp³-hybridized carbons (Fsp3) is 0.500. The van der Waals surface area contributed by atoms with Gasteiger partial charge in [0.25, 0.3) is 0 Å². The molecule has 0 saturated carbocycles. The lowest BCUT2D eigenvalue weighted by molar-refractivity contribution is 0.632. The SMILES string of the molecule is CCC[C@@H](N)c1c(C)cccc1C. The number of rotatable bonds is 3. The second-order valence-corrected chi connectivity index (χ2v) is 3.70. The summed E-state index contributed by atoms with van der Waals surface area (Å²) in [5.74, 6) is 0. The second-order valence-electron chi connectivity index (χ2n) is 3.70. The zero-order chi connectivity index (χ0) is 9.84. The van der Waals surface area contributed by atoms with Crippen molar-refractivity contribution >= 4 is 0 Å². The highest BCUT2D eigenvalue weighted by Crippen LogP contribution is 2.22. The highest BCUT2D eigenvalue weighted by atomic mass is 14.6. The minimum absolute atomic E-state index is 0.214. The zero-order valence-corrected chi connectivity index (χ0v) is 8.80. The Bertz CT molecular complexity index is 258. The fourth-order valence-corrected chi connectivity index (χ4v) is 1.87. The largest absolute Gasteiger partial charge is 0.324 e. The van der Waals surface area contributed by atoms with Gasteiger partial charge in [-0.3, -0.25) is 0 Å². The Morgan fingerprint density at radius 3 is 2.23 bits per heavy atom. The van der Waals surface area contributed by atoms with Crippen LogP contribution in [0.1, 0.15) is 42.5 Å². The van der Waals surface area contributed by atoms with Crippen LogP contribution in [-0.2, 0) is 0 Å². The van der Waals surface area contributed by atoms with Gasteiger partial charge in [0.2, 0.25) is 0 Å². The Hall–Kier alpha value is -0.820. The first-order chi connectivity index (χ1) is 6.16. The molecule has 0 aromatic heterocycles. The molecule has 0 saturated heterocycles. The molecule has 2 N–H and O–H groups in total. The molecule has 72 valence electrons. The minimum atomic E-state index is 0.214. The lowest BCUT2D eigenvalue weighted by Gasteiger charge is -2.16. The van der Waals surface area contributed by atoms with E-state index in [1.165, 1.54) is 16.7 Å². The molecule has 0 aliphatic heterocycles. The molecule has 0 fully saturated rings. The Labute approximate surface area is 81.0 Å². The summed E-state index contributed by atoms with van der Waals surface area (Å²) in [6.07, 6.45) is 2.22. The first-order valence-electron chi connectivity index (χ1n) is 4.98. The van der Waals surface area contributed by atoms with Crippen LogP contribution in [0.2, 0.25) is 0 Å². The van der Waals surface area contributed by atoms with Gasteiger partial charge in [-0.1, -0.05) is 31.5 Å². The summed E-state index contributed by atoms with van der Waals surface area (Å²) >= 11 is 0. The first-order valence-corrected chi connectivity index (χ1v) is 4.98. The van der Waals surface area contributed by atoms with E-state index in [1.54, 1.807) is 0 Å². The lowest BCUT2D eigenvalue weighted by atomic mass is 9.94. The van der Waals surface area contributed by atoms with Gasteiger partial charge in [-0.2, -0.15) is 0 Å². The van der Waals surface area contributed by atoms with Crippen LogP contribution >= 0.6 is 0 Å². The molecule has 1 nitrogen and oxygen atoms in total. The van der Waals surface area contributed by atoms with E-state index in [4.69, 9.17) is 5.73 Å². The molecule has 0 aliphatic rings. The van der Waals surface area contributed by atoms with E-state index in [0.29, 0.717) is 0 Å². The van der Waals surface area contributed by atoms with Crippen LogP contribution in [0.15, 0.2) is 18.2 Å². The molecule has 0 bridgehead atoms. The van der Waals surface area contributed by atoms with Gasteiger partial charge >= 0.3 is 0 Å². The monoisotopic (exact) mass is 177 g/mol. The fourth-order valence-electron chi connectivity index (χ4n) is 1.87. The third-order valence-corrected chi connectivity index (χ3v) is 2.51. The molecular weight excluding hydrogens is 158 g/mol. The molecule has 1 rings (SSSR count). The lowest BCUT2D eigenvalue weighted by Crippen LogP contribution is -2.12. The maximum Gasteiger partial charge on any atom is 0.0300 e. The number of hydrogen-bond acceptors (Lipinski definition) is 1. The van der Waals surface area contributed by atoms with Gasteiger partial charge in [0.05, 0.1) is 0 Å². The summed E-state index contributed by atoms with van der Waals surface area (Å²) in [5.41, 5.74) is 10.1. The average Bonchev–Trinajstić information content (AvgIpc) is 2.04.